The predicted molar refractivity (Wildman–Crippen MR) is 128 cm³/mol. The van der Waals surface area contributed by atoms with Crippen molar-refractivity contribution in [1.29, 1.82) is 0 Å². The maximum Gasteiger partial charge on any atom is 0.248 e. The summed E-state index contributed by atoms with van der Waals surface area (Å²) in [6.07, 6.45) is 3.20. The number of anilines is 2. The summed E-state index contributed by atoms with van der Waals surface area (Å²) < 4.78 is 15.9. The number of amides is 1. The van der Waals surface area contributed by atoms with Gasteiger partial charge in [0, 0.05) is 30.4 Å². The van der Waals surface area contributed by atoms with Crippen LogP contribution in [0.4, 0.5) is 11.5 Å². The summed E-state index contributed by atoms with van der Waals surface area (Å²) in [5.74, 6) is 1.84. The van der Waals surface area contributed by atoms with Crippen LogP contribution in [0.1, 0.15) is 5.56 Å². The van der Waals surface area contributed by atoms with Crippen LogP contribution in [0.2, 0.25) is 0 Å². The van der Waals surface area contributed by atoms with Gasteiger partial charge in [-0.2, -0.15) is 0 Å². The summed E-state index contributed by atoms with van der Waals surface area (Å²) in [6.45, 7) is 3.02. The van der Waals surface area contributed by atoms with Gasteiger partial charge in [0.2, 0.25) is 5.91 Å². The van der Waals surface area contributed by atoms with Gasteiger partial charge >= 0.3 is 0 Å². The summed E-state index contributed by atoms with van der Waals surface area (Å²) in [7, 11) is 3.16. The Bertz CT molecular complexity index is 1130. The second-order valence-electron chi connectivity index (χ2n) is 7.39. The average molecular weight is 447 g/mol. The number of hydrogen-bond acceptors (Lipinski definition) is 7. The number of aromatic nitrogens is 2. The lowest BCUT2D eigenvalue weighted by Crippen LogP contribution is -2.36. The normalized spacial score (nSPS) is 13.7. The van der Waals surface area contributed by atoms with Gasteiger partial charge in [0.15, 0.2) is 17.3 Å². The van der Waals surface area contributed by atoms with E-state index in [0.29, 0.717) is 30.4 Å². The first-order valence-corrected chi connectivity index (χ1v) is 10.6. The minimum atomic E-state index is -0.240. The number of hydrogen-bond donors (Lipinski definition) is 1. The van der Waals surface area contributed by atoms with Crippen molar-refractivity contribution in [1.82, 2.24) is 10.2 Å². The van der Waals surface area contributed by atoms with Crippen molar-refractivity contribution in [2.45, 2.75) is 0 Å². The van der Waals surface area contributed by atoms with E-state index in [1.807, 2.05) is 48.5 Å². The van der Waals surface area contributed by atoms with Gasteiger partial charge in [0.05, 0.1) is 33.1 Å². The molecular formula is C25H26N4O4. The fraction of sp³-hybridized carbons (Fsp3) is 0.240. The van der Waals surface area contributed by atoms with Crippen molar-refractivity contribution in [2.24, 2.45) is 0 Å². The number of ether oxygens (including phenoxy) is 3. The highest BCUT2D eigenvalue weighted by Crippen LogP contribution is 2.28. The Kier molecular flexibility index (Phi) is 7.16. The Morgan fingerprint density at radius 2 is 1.82 bits per heavy atom. The van der Waals surface area contributed by atoms with Crippen molar-refractivity contribution in [2.75, 3.05) is 50.7 Å². The number of carbonyl (C=O) groups is 1. The largest absolute Gasteiger partial charge is 0.493 e. The van der Waals surface area contributed by atoms with Crippen LogP contribution in [0.25, 0.3) is 17.3 Å². The van der Waals surface area contributed by atoms with Gasteiger partial charge in [0.1, 0.15) is 0 Å². The third kappa shape index (κ3) is 5.67. The third-order valence-electron chi connectivity index (χ3n) is 5.25. The van der Waals surface area contributed by atoms with E-state index in [4.69, 9.17) is 14.2 Å². The van der Waals surface area contributed by atoms with Crippen LogP contribution < -0.4 is 19.7 Å². The first-order chi connectivity index (χ1) is 16.2. The second kappa shape index (κ2) is 10.6. The maximum absolute atomic E-state index is 12.4. The third-order valence-corrected chi connectivity index (χ3v) is 5.25. The van der Waals surface area contributed by atoms with Crippen molar-refractivity contribution >= 4 is 23.5 Å². The molecule has 0 unspecified atom stereocenters. The highest BCUT2D eigenvalue weighted by Gasteiger charge is 2.13. The molecule has 0 atom stereocenters. The van der Waals surface area contributed by atoms with Crippen molar-refractivity contribution in [3.8, 4) is 22.8 Å². The smallest absolute Gasteiger partial charge is 0.248 e. The molecule has 2 heterocycles. The molecule has 1 amide bonds. The van der Waals surface area contributed by atoms with E-state index in [0.717, 1.165) is 35.7 Å². The highest BCUT2D eigenvalue weighted by molar-refractivity contribution is 6.02. The molecule has 1 aromatic heterocycles. The summed E-state index contributed by atoms with van der Waals surface area (Å²) in [5, 5.41) is 11.6. The van der Waals surface area contributed by atoms with Crippen molar-refractivity contribution < 1.29 is 19.0 Å². The molecule has 3 aromatic rings. The maximum atomic E-state index is 12.4. The SMILES string of the molecule is COc1ccc(/C=C/C(=O)Nc2cccc(-c3ccc(N4CCOCC4)nn3)c2)cc1OC. The second-order valence-corrected chi connectivity index (χ2v) is 7.39. The highest BCUT2D eigenvalue weighted by atomic mass is 16.5. The Balaban J connectivity index is 1.41. The van der Waals surface area contributed by atoms with Gasteiger partial charge in [0.25, 0.3) is 0 Å². The molecule has 0 saturated carbocycles. The predicted octanol–water partition coefficient (Wildman–Crippen LogP) is 3.65. The van der Waals surface area contributed by atoms with Crippen LogP contribution in [-0.4, -0.2) is 56.6 Å². The zero-order chi connectivity index (χ0) is 23.0. The first kappa shape index (κ1) is 22.3. The molecule has 1 fully saturated rings. The summed E-state index contributed by atoms with van der Waals surface area (Å²) in [6, 6.07) is 16.9. The van der Waals surface area contributed by atoms with Crippen LogP contribution in [0.5, 0.6) is 11.5 Å². The van der Waals surface area contributed by atoms with Crippen LogP contribution in [-0.2, 0) is 9.53 Å². The number of benzene rings is 2. The topological polar surface area (TPSA) is 85.8 Å². The molecule has 1 aliphatic rings. The van der Waals surface area contributed by atoms with Crippen LogP contribution in [0, 0.1) is 0 Å². The van der Waals surface area contributed by atoms with Crippen LogP contribution in [0.3, 0.4) is 0 Å². The number of carbonyl (C=O) groups excluding carboxylic acids is 1. The molecular weight excluding hydrogens is 420 g/mol. The summed E-state index contributed by atoms with van der Waals surface area (Å²) in [4.78, 5) is 14.6. The van der Waals surface area contributed by atoms with Crippen molar-refractivity contribution in [3.63, 3.8) is 0 Å². The van der Waals surface area contributed by atoms with Gasteiger partial charge in [-0.15, -0.1) is 10.2 Å². The molecule has 1 saturated heterocycles. The Hall–Kier alpha value is -3.91. The Morgan fingerprint density at radius 1 is 1.00 bits per heavy atom. The monoisotopic (exact) mass is 446 g/mol. The molecule has 2 aromatic carbocycles. The zero-order valence-electron chi connectivity index (χ0n) is 18.7. The number of nitrogens with one attached hydrogen (secondary N) is 1. The Labute approximate surface area is 192 Å². The van der Waals surface area contributed by atoms with Gasteiger partial charge < -0.3 is 24.4 Å². The molecule has 0 aliphatic carbocycles. The van der Waals surface area contributed by atoms with Gasteiger partial charge in [-0.3, -0.25) is 4.79 Å². The molecule has 8 nitrogen and oxygen atoms in total. The molecule has 8 heteroatoms. The van der Waals surface area contributed by atoms with E-state index >= 15 is 0 Å². The lowest BCUT2D eigenvalue weighted by molar-refractivity contribution is -0.111. The minimum absolute atomic E-state index is 0.240. The zero-order valence-corrected chi connectivity index (χ0v) is 18.7. The molecule has 1 N–H and O–H groups in total. The first-order valence-electron chi connectivity index (χ1n) is 10.6. The summed E-state index contributed by atoms with van der Waals surface area (Å²) >= 11 is 0. The molecule has 0 bridgehead atoms. The fourth-order valence-electron chi connectivity index (χ4n) is 3.51. The number of nitrogens with zero attached hydrogens (tertiary/aromatic N) is 3. The molecule has 33 heavy (non-hydrogen) atoms. The van der Waals surface area contributed by atoms with E-state index in [9.17, 15) is 4.79 Å². The fourth-order valence-corrected chi connectivity index (χ4v) is 3.51. The standard InChI is InChI=1S/C25H26N4O4/c1-31-22-9-6-18(16-23(22)32-2)7-11-25(30)26-20-5-3-4-19(17-20)21-8-10-24(28-27-21)29-12-14-33-15-13-29/h3-11,16-17H,12-15H2,1-2H3,(H,26,30)/b11-7+. The average Bonchev–Trinajstić information content (AvgIpc) is 2.88. The van der Waals surface area contributed by atoms with E-state index < -0.39 is 0 Å². The van der Waals surface area contributed by atoms with E-state index in [-0.39, 0.29) is 5.91 Å². The number of morpholine rings is 1. The van der Waals surface area contributed by atoms with Gasteiger partial charge in [-0.25, -0.2) is 0 Å². The molecule has 1 aliphatic heterocycles. The number of rotatable bonds is 7. The quantitative estimate of drug-likeness (QED) is 0.555. The molecule has 4 rings (SSSR count). The van der Waals surface area contributed by atoms with E-state index in [2.05, 4.69) is 20.4 Å². The van der Waals surface area contributed by atoms with E-state index in [1.165, 1.54) is 6.08 Å². The molecule has 0 radical (unpaired) electrons. The lowest BCUT2D eigenvalue weighted by atomic mass is 10.1. The van der Waals surface area contributed by atoms with Gasteiger partial charge in [-0.05, 0) is 48.0 Å². The summed E-state index contributed by atoms with van der Waals surface area (Å²) in [5.41, 5.74) is 3.11. The van der Waals surface area contributed by atoms with E-state index in [1.54, 1.807) is 26.4 Å². The molecule has 0 spiro atoms. The molecule has 170 valence electrons. The van der Waals surface area contributed by atoms with Gasteiger partial charge in [-0.1, -0.05) is 18.2 Å². The number of methoxy groups -OCH3 is 2. The lowest BCUT2D eigenvalue weighted by Gasteiger charge is -2.27. The Morgan fingerprint density at radius 3 is 2.55 bits per heavy atom. The van der Waals surface area contributed by atoms with Crippen molar-refractivity contribution in [3.05, 3.63) is 66.2 Å². The van der Waals surface area contributed by atoms with Crippen LogP contribution >= 0.6 is 0 Å². The van der Waals surface area contributed by atoms with Crippen LogP contribution in [0.15, 0.2) is 60.7 Å². The minimum Gasteiger partial charge on any atom is -0.493 e.